The number of fused-ring (bicyclic) bond motifs is 1. The van der Waals surface area contributed by atoms with Crippen LogP contribution in [0.5, 0.6) is 0 Å². The molecule has 1 fully saturated rings. The molecule has 7 heteroatoms. The fourth-order valence-electron chi connectivity index (χ4n) is 3.76. The van der Waals surface area contributed by atoms with Crippen molar-refractivity contribution in [2.45, 2.75) is 31.8 Å². The van der Waals surface area contributed by atoms with Crippen LogP contribution in [0.25, 0.3) is 10.2 Å². The molecular formula is C21H24N4O2S. The fourth-order valence-corrected chi connectivity index (χ4v) is 4.48. The van der Waals surface area contributed by atoms with Gasteiger partial charge in [0, 0.05) is 19.5 Å². The molecule has 0 saturated carbocycles. The number of thiophene rings is 1. The maximum atomic E-state index is 12.4. The lowest BCUT2D eigenvalue weighted by molar-refractivity contribution is -0.121. The van der Waals surface area contributed by atoms with E-state index in [1.807, 2.05) is 23.6 Å². The number of benzene rings is 1. The lowest BCUT2D eigenvalue weighted by atomic mass is 10.1. The summed E-state index contributed by atoms with van der Waals surface area (Å²) in [5, 5.41) is 5.54. The Balaban J connectivity index is 1.37. The quantitative estimate of drug-likeness (QED) is 0.667. The number of hydrogen-bond donors (Lipinski definition) is 1. The van der Waals surface area contributed by atoms with E-state index >= 15 is 0 Å². The topological polar surface area (TPSA) is 67.2 Å². The van der Waals surface area contributed by atoms with Crippen LogP contribution in [0.4, 0.5) is 0 Å². The first-order chi connectivity index (χ1) is 13.7. The molecule has 1 atom stereocenters. The van der Waals surface area contributed by atoms with Crippen molar-refractivity contribution < 1.29 is 4.79 Å². The summed E-state index contributed by atoms with van der Waals surface area (Å²) in [6, 6.07) is 12.3. The molecule has 6 nitrogen and oxygen atoms in total. The Morgan fingerprint density at radius 1 is 1.18 bits per heavy atom. The monoisotopic (exact) mass is 396 g/mol. The highest BCUT2D eigenvalue weighted by Crippen LogP contribution is 2.24. The Labute approximate surface area is 167 Å². The van der Waals surface area contributed by atoms with E-state index in [0.717, 1.165) is 17.9 Å². The lowest BCUT2D eigenvalue weighted by Crippen LogP contribution is -2.37. The summed E-state index contributed by atoms with van der Waals surface area (Å²) in [5.74, 6) is -0.0440. The summed E-state index contributed by atoms with van der Waals surface area (Å²) >= 11 is 1.45. The maximum Gasteiger partial charge on any atom is 0.262 e. The molecular weight excluding hydrogens is 372 g/mol. The van der Waals surface area contributed by atoms with Gasteiger partial charge < -0.3 is 5.32 Å². The van der Waals surface area contributed by atoms with E-state index < -0.39 is 0 Å². The van der Waals surface area contributed by atoms with E-state index in [0.29, 0.717) is 18.5 Å². The number of likely N-dealkylation sites (tertiary alicyclic amines) is 1. The summed E-state index contributed by atoms with van der Waals surface area (Å²) in [6.07, 6.45) is 4.21. The molecule has 2 aromatic heterocycles. The van der Waals surface area contributed by atoms with Gasteiger partial charge >= 0.3 is 0 Å². The predicted octanol–water partition coefficient (Wildman–Crippen LogP) is 2.80. The van der Waals surface area contributed by atoms with Crippen molar-refractivity contribution in [3.8, 4) is 0 Å². The number of aryl methyl sites for hydroxylation is 1. The van der Waals surface area contributed by atoms with E-state index in [9.17, 15) is 9.59 Å². The third-order valence-corrected chi connectivity index (χ3v) is 6.11. The van der Waals surface area contributed by atoms with Gasteiger partial charge in [0.1, 0.15) is 4.83 Å². The van der Waals surface area contributed by atoms with E-state index in [-0.39, 0.29) is 23.9 Å². The van der Waals surface area contributed by atoms with Gasteiger partial charge in [0.05, 0.1) is 17.8 Å². The minimum absolute atomic E-state index is 0.0440. The lowest BCUT2D eigenvalue weighted by Gasteiger charge is -2.28. The number of nitrogens with zero attached hydrogens (tertiary/aromatic N) is 3. The molecule has 146 valence electrons. The minimum atomic E-state index is -0.0849. The molecule has 28 heavy (non-hydrogen) atoms. The zero-order chi connectivity index (χ0) is 19.3. The summed E-state index contributed by atoms with van der Waals surface area (Å²) in [5.41, 5.74) is 1.14. The standard InChI is InChI=1S/C21H24N4O2S/c26-19(8-12-25-15-23-20-17(21(25)27)9-13-28-20)22-14-18(24-10-4-5-11-24)16-6-2-1-3-7-16/h1-3,6-7,9,13,15,18H,4-5,8,10-12,14H2,(H,22,26). The third kappa shape index (κ3) is 4.15. The van der Waals surface area contributed by atoms with Crippen molar-refractivity contribution >= 4 is 27.5 Å². The zero-order valence-corrected chi connectivity index (χ0v) is 16.5. The molecule has 1 aliphatic heterocycles. The van der Waals surface area contributed by atoms with E-state index in [4.69, 9.17) is 0 Å². The second kappa shape index (κ2) is 8.67. The first kappa shape index (κ1) is 18.8. The molecule has 0 aliphatic carbocycles. The molecule has 1 unspecified atom stereocenters. The van der Waals surface area contributed by atoms with Gasteiger partial charge in [-0.2, -0.15) is 0 Å². The van der Waals surface area contributed by atoms with Gasteiger partial charge in [-0.25, -0.2) is 4.98 Å². The van der Waals surface area contributed by atoms with E-state index in [1.54, 1.807) is 6.07 Å². The van der Waals surface area contributed by atoms with Gasteiger partial charge in [-0.3, -0.25) is 19.1 Å². The van der Waals surface area contributed by atoms with Crippen molar-refractivity contribution in [2.24, 2.45) is 0 Å². The normalized spacial score (nSPS) is 15.7. The average molecular weight is 397 g/mol. The predicted molar refractivity (Wildman–Crippen MR) is 111 cm³/mol. The summed E-state index contributed by atoms with van der Waals surface area (Å²) in [4.78, 5) is 32.3. The van der Waals surface area contributed by atoms with E-state index in [2.05, 4.69) is 27.3 Å². The van der Waals surface area contributed by atoms with Crippen LogP contribution in [-0.4, -0.2) is 40.0 Å². The first-order valence-electron chi connectivity index (χ1n) is 9.71. The highest BCUT2D eigenvalue weighted by atomic mass is 32.1. The van der Waals surface area contributed by atoms with Crippen LogP contribution >= 0.6 is 11.3 Å². The number of rotatable bonds is 7. The molecule has 3 heterocycles. The maximum absolute atomic E-state index is 12.4. The molecule has 1 N–H and O–H groups in total. The van der Waals surface area contributed by atoms with Crippen LogP contribution in [0.3, 0.4) is 0 Å². The van der Waals surface area contributed by atoms with Crippen LogP contribution in [0.15, 0.2) is 52.9 Å². The first-order valence-corrected chi connectivity index (χ1v) is 10.6. The second-order valence-electron chi connectivity index (χ2n) is 7.11. The summed E-state index contributed by atoms with van der Waals surface area (Å²) in [7, 11) is 0. The van der Waals surface area contributed by atoms with Gasteiger partial charge in [0.25, 0.3) is 5.56 Å². The molecule has 0 spiro atoms. The van der Waals surface area contributed by atoms with Crippen molar-refractivity contribution in [1.29, 1.82) is 0 Å². The van der Waals surface area contributed by atoms with Gasteiger partial charge in [-0.05, 0) is 42.9 Å². The van der Waals surface area contributed by atoms with Gasteiger partial charge in [0.15, 0.2) is 0 Å². The van der Waals surface area contributed by atoms with Gasteiger partial charge in [0.2, 0.25) is 5.91 Å². The molecule has 0 radical (unpaired) electrons. The van der Waals surface area contributed by atoms with Crippen LogP contribution in [0, 0.1) is 0 Å². The molecule has 1 aromatic carbocycles. The summed E-state index contributed by atoms with van der Waals surface area (Å²) in [6.45, 7) is 3.05. The highest BCUT2D eigenvalue weighted by molar-refractivity contribution is 7.16. The van der Waals surface area contributed by atoms with E-state index in [1.165, 1.54) is 40.6 Å². The van der Waals surface area contributed by atoms with Crippen LogP contribution < -0.4 is 10.9 Å². The third-order valence-electron chi connectivity index (χ3n) is 5.29. The Hall–Kier alpha value is -2.51. The summed E-state index contributed by atoms with van der Waals surface area (Å²) < 4.78 is 1.52. The van der Waals surface area contributed by atoms with Crippen molar-refractivity contribution in [3.63, 3.8) is 0 Å². The van der Waals surface area contributed by atoms with Crippen LogP contribution in [-0.2, 0) is 11.3 Å². The van der Waals surface area contributed by atoms with Crippen molar-refractivity contribution in [1.82, 2.24) is 19.8 Å². The molecule has 3 aromatic rings. The molecule has 4 rings (SSSR count). The van der Waals surface area contributed by atoms with Crippen LogP contribution in [0.1, 0.15) is 30.9 Å². The highest BCUT2D eigenvalue weighted by Gasteiger charge is 2.23. The zero-order valence-electron chi connectivity index (χ0n) is 15.7. The van der Waals surface area contributed by atoms with Gasteiger partial charge in [-0.1, -0.05) is 30.3 Å². The van der Waals surface area contributed by atoms with Gasteiger partial charge in [-0.15, -0.1) is 11.3 Å². The second-order valence-corrected chi connectivity index (χ2v) is 8.00. The van der Waals surface area contributed by atoms with Crippen molar-refractivity contribution in [3.05, 3.63) is 64.0 Å². The number of nitrogens with one attached hydrogen (secondary N) is 1. The molecule has 1 aliphatic rings. The Morgan fingerprint density at radius 2 is 1.96 bits per heavy atom. The number of carbonyl (C=O) groups is 1. The SMILES string of the molecule is O=C(CCn1cnc2sccc2c1=O)NCC(c1ccccc1)N1CCCC1. The van der Waals surface area contributed by atoms with Crippen molar-refractivity contribution in [2.75, 3.05) is 19.6 Å². The smallest absolute Gasteiger partial charge is 0.262 e. The fraction of sp³-hybridized carbons (Fsp3) is 0.381. The molecule has 1 saturated heterocycles. The molecule has 0 bridgehead atoms. The number of carbonyl (C=O) groups excluding carboxylic acids is 1. The number of amides is 1. The Bertz CT molecular complexity index is 992. The minimum Gasteiger partial charge on any atom is -0.354 e. The Morgan fingerprint density at radius 3 is 2.75 bits per heavy atom. The number of aromatic nitrogens is 2. The van der Waals surface area contributed by atoms with Crippen LogP contribution in [0.2, 0.25) is 0 Å². The average Bonchev–Trinajstić information content (AvgIpc) is 3.41. The molecule has 1 amide bonds. The number of hydrogen-bond acceptors (Lipinski definition) is 5. The largest absolute Gasteiger partial charge is 0.354 e. The Kier molecular flexibility index (Phi) is 5.83.